The quantitative estimate of drug-likeness (QED) is 0.300. The van der Waals surface area contributed by atoms with Gasteiger partial charge in [0.1, 0.15) is 11.5 Å². The predicted molar refractivity (Wildman–Crippen MR) is 111 cm³/mol. The first kappa shape index (κ1) is 19.8. The molecule has 6 nitrogen and oxygen atoms in total. The van der Waals surface area contributed by atoms with Crippen LogP contribution in [0.3, 0.4) is 0 Å². The van der Waals surface area contributed by atoms with E-state index < -0.39 is 5.97 Å². The van der Waals surface area contributed by atoms with Crippen LogP contribution in [-0.4, -0.2) is 25.2 Å². The van der Waals surface area contributed by atoms with E-state index in [1.165, 1.54) is 6.21 Å². The van der Waals surface area contributed by atoms with Crippen LogP contribution in [0.25, 0.3) is 0 Å². The summed E-state index contributed by atoms with van der Waals surface area (Å²) in [5, 5.41) is 3.95. The van der Waals surface area contributed by atoms with Crippen LogP contribution >= 0.6 is 0 Å². The van der Waals surface area contributed by atoms with Crippen molar-refractivity contribution in [3.63, 3.8) is 0 Å². The molecular weight excluding hydrogens is 368 g/mol. The van der Waals surface area contributed by atoms with Crippen molar-refractivity contribution in [2.45, 2.75) is 6.92 Å². The third kappa shape index (κ3) is 5.52. The molecule has 1 N–H and O–H groups in total. The summed E-state index contributed by atoms with van der Waals surface area (Å²) in [6, 6.07) is 20.7. The van der Waals surface area contributed by atoms with E-state index >= 15 is 0 Å². The zero-order valence-electron chi connectivity index (χ0n) is 16.1. The fraction of sp³-hybridized carbons (Fsp3) is 0.0870. The number of ether oxygens (including phenoxy) is 2. The Balaban J connectivity index is 1.55. The first-order valence-corrected chi connectivity index (χ1v) is 8.91. The van der Waals surface area contributed by atoms with Gasteiger partial charge in [-0.15, -0.1) is 0 Å². The third-order valence-corrected chi connectivity index (χ3v) is 4.11. The second-order valence-corrected chi connectivity index (χ2v) is 6.25. The van der Waals surface area contributed by atoms with E-state index in [1.54, 1.807) is 67.8 Å². The number of aryl methyl sites for hydroxylation is 1. The summed E-state index contributed by atoms with van der Waals surface area (Å²) in [6.07, 6.45) is 1.52. The zero-order chi connectivity index (χ0) is 20.6. The lowest BCUT2D eigenvalue weighted by Gasteiger charge is -2.05. The minimum Gasteiger partial charge on any atom is -0.497 e. The number of hydrazone groups is 1. The van der Waals surface area contributed by atoms with Crippen molar-refractivity contribution in [1.29, 1.82) is 0 Å². The van der Waals surface area contributed by atoms with E-state index in [0.717, 1.165) is 11.1 Å². The molecule has 0 bridgehead atoms. The van der Waals surface area contributed by atoms with Crippen molar-refractivity contribution < 1.29 is 19.1 Å². The van der Waals surface area contributed by atoms with Gasteiger partial charge in [-0.1, -0.05) is 17.7 Å². The number of carbonyl (C=O) groups excluding carboxylic acids is 2. The van der Waals surface area contributed by atoms with Gasteiger partial charge in [-0.25, -0.2) is 10.2 Å². The molecular formula is C23H20N2O4. The van der Waals surface area contributed by atoms with E-state index in [1.807, 2.05) is 19.1 Å². The van der Waals surface area contributed by atoms with Gasteiger partial charge in [-0.2, -0.15) is 5.10 Å². The molecule has 146 valence electrons. The lowest BCUT2D eigenvalue weighted by molar-refractivity contribution is 0.0734. The molecule has 0 aliphatic carbocycles. The summed E-state index contributed by atoms with van der Waals surface area (Å²) < 4.78 is 10.4. The van der Waals surface area contributed by atoms with Gasteiger partial charge in [0, 0.05) is 5.56 Å². The largest absolute Gasteiger partial charge is 0.497 e. The standard InChI is InChI=1S/C23H20N2O4/c1-16-3-7-18(8-4-16)22(26)25-24-15-17-5-11-21(12-6-17)29-23(27)19-9-13-20(28-2)14-10-19/h3-15H,1-2H3,(H,25,26)/b24-15+. The summed E-state index contributed by atoms with van der Waals surface area (Å²) in [6.45, 7) is 1.96. The van der Waals surface area contributed by atoms with E-state index in [0.29, 0.717) is 22.6 Å². The van der Waals surface area contributed by atoms with Crippen LogP contribution in [0.15, 0.2) is 77.9 Å². The lowest BCUT2D eigenvalue weighted by Crippen LogP contribution is -2.17. The highest BCUT2D eigenvalue weighted by molar-refractivity contribution is 5.95. The molecule has 6 heteroatoms. The smallest absolute Gasteiger partial charge is 0.343 e. The highest BCUT2D eigenvalue weighted by Gasteiger charge is 2.08. The molecule has 0 radical (unpaired) electrons. The average molecular weight is 388 g/mol. The Morgan fingerprint density at radius 2 is 1.41 bits per heavy atom. The number of benzene rings is 3. The van der Waals surface area contributed by atoms with Crippen LogP contribution in [0.2, 0.25) is 0 Å². The van der Waals surface area contributed by atoms with E-state index in [9.17, 15) is 9.59 Å². The van der Waals surface area contributed by atoms with Gasteiger partial charge in [-0.3, -0.25) is 4.79 Å². The maximum Gasteiger partial charge on any atom is 0.343 e. The van der Waals surface area contributed by atoms with Gasteiger partial charge in [0.2, 0.25) is 0 Å². The summed E-state index contributed by atoms with van der Waals surface area (Å²) in [4.78, 5) is 24.2. The second kappa shape index (κ2) is 9.32. The normalized spacial score (nSPS) is 10.6. The van der Waals surface area contributed by atoms with Crippen LogP contribution in [-0.2, 0) is 0 Å². The summed E-state index contributed by atoms with van der Waals surface area (Å²) in [5.74, 6) is 0.331. The van der Waals surface area contributed by atoms with Crippen molar-refractivity contribution >= 4 is 18.1 Å². The first-order chi connectivity index (χ1) is 14.0. The Bertz CT molecular complexity index is 1010. The molecule has 0 heterocycles. The Morgan fingerprint density at radius 1 is 0.828 bits per heavy atom. The van der Waals surface area contributed by atoms with E-state index in [2.05, 4.69) is 10.5 Å². The number of rotatable bonds is 6. The first-order valence-electron chi connectivity index (χ1n) is 8.91. The number of methoxy groups -OCH3 is 1. The number of nitrogens with one attached hydrogen (secondary N) is 1. The molecule has 0 atom stereocenters. The molecule has 1 amide bonds. The molecule has 29 heavy (non-hydrogen) atoms. The van der Waals surface area contributed by atoms with Crippen molar-refractivity contribution in [2.75, 3.05) is 7.11 Å². The molecule has 0 saturated carbocycles. The minimum atomic E-state index is -0.459. The molecule has 0 spiro atoms. The fourth-order valence-corrected chi connectivity index (χ4v) is 2.45. The molecule has 0 fully saturated rings. The SMILES string of the molecule is COc1ccc(C(=O)Oc2ccc(/C=N/NC(=O)c3ccc(C)cc3)cc2)cc1. The van der Waals surface area contributed by atoms with Crippen molar-refractivity contribution in [2.24, 2.45) is 5.10 Å². The van der Waals surface area contributed by atoms with Crippen molar-refractivity contribution in [3.8, 4) is 11.5 Å². The van der Waals surface area contributed by atoms with Crippen LogP contribution in [0.5, 0.6) is 11.5 Å². The molecule has 0 saturated heterocycles. The maximum atomic E-state index is 12.2. The Hall–Kier alpha value is -3.93. The third-order valence-electron chi connectivity index (χ3n) is 4.11. The van der Waals surface area contributed by atoms with Gasteiger partial charge in [0.15, 0.2) is 0 Å². The molecule has 0 unspecified atom stereocenters. The van der Waals surface area contributed by atoms with Crippen LogP contribution in [0, 0.1) is 6.92 Å². The summed E-state index contributed by atoms with van der Waals surface area (Å²) in [7, 11) is 1.56. The molecule has 0 aliphatic heterocycles. The Labute approximate surface area is 168 Å². The maximum absolute atomic E-state index is 12.2. The highest BCUT2D eigenvalue weighted by Crippen LogP contribution is 2.16. The minimum absolute atomic E-state index is 0.286. The number of amides is 1. The van der Waals surface area contributed by atoms with E-state index in [-0.39, 0.29) is 5.91 Å². The number of hydrogen-bond acceptors (Lipinski definition) is 5. The molecule has 0 aromatic heterocycles. The Kier molecular flexibility index (Phi) is 6.37. The van der Waals surface area contributed by atoms with E-state index in [4.69, 9.17) is 9.47 Å². The average Bonchev–Trinajstić information content (AvgIpc) is 2.75. The number of esters is 1. The fourth-order valence-electron chi connectivity index (χ4n) is 2.45. The summed E-state index contributed by atoms with van der Waals surface area (Å²) in [5.41, 5.74) is 5.27. The topological polar surface area (TPSA) is 77.0 Å². The number of hydrogen-bond donors (Lipinski definition) is 1. The highest BCUT2D eigenvalue weighted by atomic mass is 16.5. The van der Waals surface area contributed by atoms with Crippen LogP contribution in [0.4, 0.5) is 0 Å². The van der Waals surface area contributed by atoms with Gasteiger partial charge in [0.25, 0.3) is 5.91 Å². The lowest BCUT2D eigenvalue weighted by atomic mass is 10.1. The van der Waals surface area contributed by atoms with Gasteiger partial charge >= 0.3 is 5.97 Å². The molecule has 0 aliphatic rings. The van der Waals surface area contributed by atoms with Crippen molar-refractivity contribution in [3.05, 3.63) is 95.1 Å². The monoisotopic (exact) mass is 388 g/mol. The number of nitrogens with zero attached hydrogens (tertiary/aromatic N) is 1. The molecule has 3 aromatic carbocycles. The van der Waals surface area contributed by atoms with Crippen molar-refractivity contribution in [1.82, 2.24) is 5.43 Å². The zero-order valence-corrected chi connectivity index (χ0v) is 16.1. The number of carbonyl (C=O) groups is 2. The predicted octanol–water partition coefficient (Wildman–Crippen LogP) is 3.99. The second-order valence-electron chi connectivity index (χ2n) is 6.25. The van der Waals surface area contributed by atoms with Gasteiger partial charge < -0.3 is 9.47 Å². The van der Waals surface area contributed by atoms with Crippen LogP contribution < -0.4 is 14.9 Å². The summed E-state index contributed by atoms with van der Waals surface area (Å²) >= 11 is 0. The molecule has 3 aromatic rings. The van der Waals surface area contributed by atoms with Gasteiger partial charge in [0.05, 0.1) is 18.9 Å². The Morgan fingerprint density at radius 3 is 2.03 bits per heavy atom. The van der Waals surface area contributed by atoms with Crippen LogP contribution in [0.1, 0.15) is 31.8 Å². The molecule has 3 rings (SSSR count). The van der Waals surface area contributed by atoms with Gasteiger partial charge in [-0.05, 0) is 73.2 Å².